The lowest BCUT2D eigenvalue weighted by molar-refractivity contribution is 0.401. The smallest absolute Gasteiger partial charge is 0.245 e. The molecule has 0 radical (unpaired) electrons. The molecule has 21 heavy (non-hydrogen) atoms. The van der Waals surface area contributed by atoms with Gasteiger partial charge in [-0.15, -0.1) is 11.6 Å². The van der Waals surface area contributed by atoms with Crippen LogP contribution in [0.5, 0.6) is 5.88 Å². The molecule has 0 unspecified atom stereocenters. The van der Waals surface area contributed by atoms with Crippen LogP contribution in [0.2, 0.25) is 0 Å². The van der Waals surface area contributed by atoms with E-state index in [0.717, 1.165) is 35.9 Å². The summed E-state index contributed by atoms with van der Waals surface area (Å²) in [7, 11) is 1.61. The molecule has 1 aliphatic rings. The van der Waals surface area contributed by atoms with Crippen LogP contribution in [0.25, 0.3) is 11.2 Å². The van der Waals surface area contributed by atoms with Gasteiger partial charge >= 0.3 is 0 Å². The minimum Gasteiger partial charge on any atom is -0.479 e. The topological polar surface area (TPSA) is 52.8 Å². The first-order valence-electron chi connectivity index (χ1n) is 7.63. The van der Waals surface area contributed by atoms with E-state index in [1.165, 1.54) is 32.1 Å². The van der Waals surface area contributed by atoms with Crippen LogP contribution in [-0.4, -0.2) is 32.5 Å². The zero-order valence-corrected chi connectivity index (χ0v) is 13.1. The van der Waals surface area contributed by atoms with Crippen LogP contribution in [0.15, 0.2) is 6.33 Å². The van der Waals surface area contributed by atoms with Gasteiger partial charge in [-0.3, -0.25) is 0 Å². The van der Waals surface area contributed by atoms with Crippen LogP contribution in [0.4, 0.5) is 0 Å². The Hall–Kier alpha value is -1.36. The van der Waals surface area contributed by atoms with Crippen molar-refractivity contribution in [3.63, 3.8) is 0 Å². The molecular weight excluding hydrogens is 288 g/mol. The molecule has 114 valence electrons. The first-order valence-corrected chi connectivity index (χ1v) is 8.17. The Kier molecular flexibility index (Phi) is 4.58. The third-order valence-corrected chi connectivity index (χ3v) is 4.51. The van der Waals surface area contributed by atoms with Crippen molar-refractivity contribution in [1.82, 2.24) is 19.5 Å². The van der Waals surface area contributed by atoms with Gasteiger partial charge in [0.15, 0.2) is 11.2 Å². The van der Waals surface area contributed by atoms with E-state index in [9.17, 15) is 0 Å². The molecule has 0 atom stereocenters. The standard InChI is InChI=1S/C15H21ClN4O/c1-21-15-13-14(17-10-18-15)20(12(19-13)6-8-16)9-7-11-4-2-3-5-11/h10-11H,2-9H2,1H3. The van der Waals surface area contributed by atoms with Gasteiger partial charge in [-0.2, -0.15) is 4.98 Å². The van der Waals surface area contributed by atoms with Crippen molar-refractivity contribution < 1.29 is 4.74 Å². The average Bonchev–Trinajstić information content (AvgIpc) is 3.12. The first kappa shape index (κ1) is 14.6. The second kappa shape index (κ2) is 6.60. The van der Waals surface area contributed by atoms with Crippen molar-refractivity contribution in [2.75, 3.05) is 13.0 Å². The second-order valence-electron chi connectivity index (χ2n) is 5.61. The van der Waals surface area contributed by atoms with Crippen molar-refractivity contribution >= 4 is 22.8 Å². The summed E-state index contributed by atoms with van der Waals surface area (Å²) in [6, 6.07) is 0. The number of ether oxygens (including phenoxy) is 1. The number of aromatic nitrogens is 4. The van der Waals surface area contributed by atoms with Crippen LogP contribution in [0.3, 0.4) is 0 Å². The Balaban J connectivity index is 1.91. The molecule has 0 saturated heterocycles. The lowest BCUT2D eigenvalue weighted by Crippen LogP contribution is -2.08. The SMILES string of the molecule is COc1ncnc2c1nc(CCCl)n2CCC1CCCC1. The molecule has 0 N–H and O–H groups in total. The van der Waals surface area contributed by atoms with Gasteiger partial charge in [-0.05, 0) is 12.3 Å². The largest absolute Gasteiger partial charge is 0.479 e. The molecule has 0 amide bonds. The highest BCUT2D eigenvalue weighted by atomic mass is 35.5. The van der Waals surface area contributed by atoms with Crippen LogP contribution >= 0.6 is 11.6 Å². The monoisotopic (exact) mass is 308 g/mol. The maximum absolute atomic E-state index is 5.92. The average molecular weight is 309 g/mol. The predicted octanol–water partition coefficient (Wildman–Crippen LogP) is 3.20. The molecule has 3 rings (SSSR count). The van der Waals surface area contributed by atoms with E-state index in [0.29, 0.717) is 11.8 Å². The fourth-order valence-corrected chi connectivity index (χ4v) is 3.40. The summed E-state index contributed by atoms with van der Waals surface area (Å²) in [5.41, 5.74) is 1.60. The molecule has 0 spiro atoms. The van der Waals surface area contributed by atoms with Gasteiger partial charge in [0.2, 0.25) is 5.88 Å². The highest BCUT2D eigenvalue weighted by Crippen LogP contribution is 2.29. The Morgan fingerprint density at radius 1 is 1.33 bits per heavy atom. The molecule has 0 aromatic carbocycles. The molecule has 1 fully saturated rings. The van der Waals surface area contributed by atoms with Crippen LogP contribution in [0, 0.1) is 5.92 Å². The Morgan fingerprint density at radius 3 is 2.86 bits per heavy atom. The Morgan fingerprint density at radius 2 is 2.14 bits per heavy atom. The molecule has 2 aromatic heterocycles. The molecule has 1 saturated carbocycles. The number of methoxy groups -OCH3 is 1. The number of rotatable bonds is 6. The molecule has 1 aliphatic carbocycles. The van der Waals surface area contributed by atoms with E-state index in [-0.39, 0.29) is 0 Å². The normalized spacial score (nSPS) is 15.9. The third kappa shape index (κ3) is 2.98. The fraction of sp³-hybridized carbons (Fsp3) is 0.667. The van der Waals surface area contributed by atoms with Crippen molar-refractivity contribution in [2.45, 2.75) is 45.1 Å². The van der Waals surface area contributed by atoms with Gasteiger partial charge in [0.05, 0.1) is 7.11 Å². The van der Waals surface area contributed by atoms with Gasteiger partial charge in [-0.1, -0.05) is 25.7 Å². The summed E-state index contributed by atoms with van der Waals surface area (Å²) in [6.45, 7) is 0.952. The van der Waals surface area contributed by atoms with Gasteiger partial charge in [0.25, 0.3) is 0 Å². The summed E-state index contributed by atoms with van der Waals surface area (Å²) in [4.78, 5) is 13.2. The summed E-state index contributed by atoms with van der Waals surface area (Å²) in [5.74, 6) is 2.92. The van der Waals surface area contributed by atoms with Gasteiger partial charge in [0, 0.05) is 18.8 Å². The van der Waals surface area contributed by atoms with Gasteiger partial charge in [0.1, 0.15) is 12.2 Å². The maximum Gasteiger partial charge on any atom is 0.245 e. The minimum atomic E-state index is 0.537. The van der Waals surface area contributed by atoms with E-state index in [4.69, 9.17) is 16.3 Å². The summed E-state index contributed by atoms with van der Waals surface area (Å²) in [6.07, 6.45) is 8.93. The maximum atomic E-state index is 5.92. The zero-order chi connectivity index (χ0) is 14.7. The molecule has 0 aliphatic heterocycles. The number of fused-ring (bicyclic) bond motifs is 1. The van der Waals surface area contributed by atoms with E-state index in [1.54, 1.807) is 13.4 Å². The van der Waals surface area contributed by atoms with E-state index >= 15 is 0 Å². The Bertz CT molecular complexity index is 607. The van der Waals surface area contributed by atoms with Crippen LogP contribution in [0.1, 0.15) is 37.9 Å². The molecule has 2 aromatic rings. The van der Waals surface area contributed by atoms with E-state index < -0.39 is 0 Å². The number of aryl methyl sites for hydroxylation is 2. The number of hydrogen-bond acceptors (Lipinski definition) is 4. The summed E-state index contributed by atoms with van der Waals surface area (Å²) >= 11 is 5.92. The number of alkyl halides is 1. The highest BCUT2D eigenvalue weighted by molar-refractivity contribution is 6.17. The number of hydrogen-bond donors (Lipinski definition) is 0. The Labute approximate surface area is 129 Å². The second-order valence-corrected chi connectivity index (χ2v) is 5.99. The zero-order valence-electron chi connectivity index (χ0n) is 12.4. The highest BCUT2D eigenvalue weighted by Gasteiger charge is 2.19. The number of nitrogens with zero attached hydrogens (tertiary/aromatic N) is 4. The quantitative estimate of drug-likeness (QED) is 0.769. The van der Waals surface area contributed by atoms with E-state index in [1.807, 2.05) is 0 Å². The number of imidazole rings is 1. The van der Waals surface area contributed by atoms with Crippen molar-refractivity contribution in [3.05, 3.63) is 12.2 Å². The summed E-state index contributed by atoms with van der Waals surface area (Å²) < 4.78 is 7.49. The van der Waals surface area contributed by atoms with Gasteiger partial charge < -0.3 is 9.30 Å². The molecule has 5 nitrogen and oxygen atoms in total. The minimum absolute atomic E-state index is 0.537. The lowest BCUT2D eigenvalue weighted by Gasteiger charge is -2.12. The predicted molar refractivity (Wildman–Crippen MR) is 82.9 cm³/mol. The lowest BCUT2D eigenvalue weighted by atomic mass is 10.0. The third-order valence-electron chi connectivity index (χ3n) is 4.32. The van der Waals surface area contributed by atoms with Crippen molar-refractivity contribution in [3.8, 4) is 5.88 Å². The molecule has 0 bridgehead atoms. The number of halogens is 1. The molecular formula is C15H21ClN4O. The van der Waals surface area contributed by atoms with E-state index in [2.05, 4.69) is 19.5 Å². The fourth-order valence-electron chi connectivity index (χ4n) is 3.23. The van der Waals surface area contributed by atoms with Gasteiger partial charge in [-0.25, -0.2) is 9.97 Å². The van der Waals surface area contributed by atoms with Crippen LogP contribution < -0.4 is 4.74 Å². The summed E-state index contributed by atoms with van der Waals surface area (Å²) in [5, 5.41) is 0. The van der Waals surface area contributed by atoms with Crippen molar-refractivity contribution in [2.24, 2.45) is 5.92 Å². The first-order chi connectivity index (χ1) is 10.3. The van der Waals surface area contributed by atoms with Crippen molar-refractivity contribution in [1.29, 1.82) is 0 Å². The molecule has 6 heteroatoms. The molecule has 2 heterocycles. The van der Waals surface area contributed by atoms with Crippen LogP contribution in [-0.2, 0) is 13.0 Å².